The summed E-state index contributed by atoms with van der Waals surface area (Å²) in [6.07, 6.45) is 1.13. The number of nitrogens with zero attached hydrogens (tertiary/aromatic N) is 1. The molecule has 1 aliphatic rings. The van der Waals surface area contributed by atoms with Crippen molar-refractivity contribution in [1.82, 2.24) is 4.90 Å². The zero-order valence-corrected chi connectivity index (χ0v) is 12.5. The van der Waals surface area contributed by atoms with Gasteiger partial charge in [0.25, 0.3) is 0 Å². The number of aryl methyl sites for hydroxylation is 1. The highest BCUT2D eigenvalue weighted by atomic mass is 16.5. The third-order valence-corrected chi connectivity index (χ3v) is 4.10. The Bertz CT molecular complexity index is 423. The summed E-state index contributed by atoms with van der Waals surface area (Å²) in [6.45, 7) is 8.75. The summed E-state index contributed by atoms with van der Waals surface area (Å²) in [4.78, 5) is 2.48. The summed E-state index contributed by atoms with van der Waals surface area (Å²) < 4.78 is 5.51. The first-order chi connectivity index (χ1) is 9.01. The van der Waals surface area contributed by atoms with E-state index in [1.165, 1.54) is 11.1 Å². The Morgan fingerprint density at radius 2 is 2.11 bits per heavy atom. The molecular formula is C16H26N2O. The second-order valence-electron chi connectivity index (χ2n) is 5.98. The lowest BCUT2D eigenvalue weighted by Gasteiger charge is -2.39. The molecular weight excluding hydrogens is 236 g/mol. The smallest absolute Gasteiger partial charge is 0.123 e. The van der Waals surface area contributed by atoms with Crippen molar-refractivity contribution in [2.75, 3.05) is 20.2 Å². The van der Waals surface area contributed by atoms with Gasteiger partial charge >= 0.3 is 0 Å². The van der Waals surface area contributed by atoms with E-state index in [-0.39, 0.29) is 0 Å². The lowest BCUT2D eigenvalue weighted by atomic mass is 9.93. The predicted octanol–water partition coefficient (Wildman–Crippen LogP) is 2.73. The van der Waals surface area contributed by atoms with Gasteiger partial charge in [-0.25, -0.2) is 0 Å². The number of hydrogen-bond donors (Lipinski definition) is 1. The first kappa shape index (κ1) is 14.4. The second-order valence-corrected chi connectivity index (χ2v) is 5.98. The van der Waals surface area contributed by atoms with Gasteiger partial charge in [0.1, 0.15) is 5.75 Å². The molecule has 3 atom stereocenters. The van der Waals surface area contributed by atoms with Crippen molar-refractivity contribution < 1.29 is 4.74 Å². The van der Waals surface area contributed by atoms with E-state index >= 15 is 0 Å². The van der Waals surface area contributed by atoms with Crippen LogP contribution in [0, 0.1) is 12.8 Å². The van der Waals surface area contributed by atoms with Gasteiger partial charge in [0.15, 0.2) is 0 Å². The summed E-state index contributed by atoms with van der Waals surface area (Å²) in [5.41, 5.74) is 8.70. The van der Waals surface area contributed by atoms with Crippen molar-refractivity contribution in [3.8, 4) is 5.75 Å². The van der Waals surface area contributed by atoms with Crippen LogP contribution in [-0.2, 0) is 0 Å². The molecule has 1 aliphatic heterocycles. The molecule has 1 aromatic rings. The summed E-state index contributed by atoms with van der Waals surface area (Å²) in [6, 6.07) is 7.04. The molecule has 106 valence electrons. The predicted molar refractivity (Wildman–Crippen MR) is 79.5 cm³/mol. The summed E-state index contributed by atoms with van der Waals surface area (Å²) in [7, 11) is 1.74. The van der Waals surface area contributed by atoms with Crippen molar-refractivity contribution >= 4 is 0 Å². The molecule has 0 aromatic heterocycles. The number of nitrogens with two attached hydrogens (primary N) is 1. The van der Waals surface area contributed by atoms with Crippen molar-refractivity contribution in [3.05, 3.63) is 29.3 Å². The van der Waals surface area contributed by atoms with Crippen LogP contribution in [-0.4, -0.2) is 31.1 Å². The maximum Gasteiger partial charge on any atom is 0.123 e. The summed E-state index contributed by atoms with van der Waals surface area (Å²) in [5, 5.41) is 0. The number of piperidine rings is 1. The van der Waals surface area contributed by atoms with Crippen molar-refractivity contribution in [3.63, 3.8) is 0 Å². The number of methoxy groups -OCH3 is 1. The second kappa shape index (κ2) is 5.93. The third kappa shape index (κ3) is 3.28. The maximum absolute atomic E-state index is 6.16. The van der Waals surface area contributed by atoms with E-state index in [4.69, 9.17) is 10.5 Å². The van der Waals surface area contributed by atoms with Crippen LogP contribution in [0.5, 0.6) is 5.75 Å². The molecule has 1 saturated heterocycles. The fourth-order valence-corrected chi connectivity index (χ4v) is 3.14. The molecule has 0 saturated carbocycles. The molecule has 3 nitrogen and oxygen atoms in total. The fourth-order valence-electron chi connectivity index (χ4n) is 3.14. The van der Waals surface area contributed by atoms with Crippen molar-refractivity contribution in [2.24, 2.45) is 11.7 Å². The topological polar surface area (TPSA) is 38.5 Å². The Labute approximate surface area is 116 Å². The van der Waals surface area contributed by atoms with Gasteiger partial charge < -0.3 is 10.5 Å². The highest BCUT2D eigenvalue weighted by molar-refractivity contribution is 5.39. The van der Waals surface area contributed by atoms with Crippen LogP contribution in [0.1, 0.15) is 37.4 Å². The van der Waals surface area contributed by atoms with Crippen molar-refractivity contribution in [1.29, 1.82) is 0 Å². The molecule has 3 heteroatoms. The van der Waals surface area contributed by atoms with Gasteiger partial charge in [-0.15, -0.1) is 0 Å². The zero-order valence-electron chi connectivity index (χ0n) is 12.5. The number of rotatable bonds is 3. The Morgan fingerprint density at radius 1 is 1.37 bits per heavy atom. The normalized spacial score (nSPS) is 26.2. The molecule has 0 spiro atoms. The van der Waals surface area contributed by atoms with E-state index in [9.17, 15) is 0 Å². The van der Waals surface area contributed by atoms with E-state index in [1.54, 1.807) is 7.11 Å². The Morgan fingerprint density at radius 3 is 2.74 bits per heavy atom. The summed E-state index contributed by atoms with van der Waals surface area (Å²) in [5.74, 6) is 1.65. The number of likely N-dealkylation sites (tertiary alicyclic amines) is 1. The van der Waals surface area contributed by atoms with Gasteiger partial charge in [0.05, 0.1) is 7.11 Å². The lowest BCUT2D eigenvalue weighted by Crippen LogP contribution is -2.47. The van der Waals surface area contributed by atoms with Crippen LogP contribution in [0.25, 0.3) is 0 Å². The van der Waals surface area contributed by atoms with Crippen LogP contribution in [0.2, 0.25) is 0 Å². The highest BCUT2D eigenvalue weighted by Gasteiger charge is 2.27. The third-order valence-electron chi connectivity index (χ3n) is 4.10. The zero-order chi connectivity index (χ0) is 14.0. The fraction of sp³-hybridized carbons (Fsp3) is 0.625. The van der Waals surface area contributed by atoms with Crippen LogP contribution < -0.4 is 10.5 Å². The van der Waals surface area contributed by atoms with Crippen LogP contribution in [0.4, 0.5) is 0 Å². The molecule has 0 bridgehead atoms. The Hall–Kier alpha value is -1.06. The molecule has 3 unspecified atom stereocenters. The minimum atomic E-state index is 0.294. The first-order valence-corrected chi connectivity index (χ1v) is 7.15. The average molecular weight is 262 g/mol. The first-order valence-electron chi connectivity index (χ1n) is 7.15. The molecule has 0 aliphatic carbocycles. The molecule has 1 fully saturated rings. The van der Waals surface area contributed by atoms with Crippen LogP contribution in [0.15, 0.2) is 18.2 Å². The number of ether oxygens (including phenoxy) is 1. The molecule has 19 heavy (non-hydrogen) atoms. The highest BCUT2D eigenvalue weighted by Crippen LogP contribution is 2.32. The standard InChI is InChI=1S/C16H26N2O/c1-11-5-6-16(19-4)15(8-11)13(3)18-9-12(2)7-14(17)10-18/h5-6,8,12-14H,7,9-10,17H2,1-4H3. The van der Waals surface area contributed by atoms with Gasteiger partial charge in [-0.1, -0.05) is 24.6 Å². The van der Waals surface area contributed by atoms with E-state index in [0.717, 1.165) is 25.3 Å². The molecule has 1 heterocycles. The largest absolute Gasteiger partial charge is 0.496 e. The molecule has 0 amide bonds. The Kier molecular flexibility index (Phi) is 4.48. The van der Waals surface area contributed by atoms with Gasteiger partial charge in [-0.05, 0) is 32.3 Å². The van der Waals surface area contributed by atoms with E-state index in [1.807, 2.05) is 0 Å². The monoisotopic (exact) mass is 262 g/mol. The maximum atomic E-state index is 6.16. The Balaban J connectivity index is 2.23. The quantitative estimate of drug-likeness (QED) is 0.910. The van der Waals surface area contributed by atoms with E-state index in [2.05, 4.69) is 43.9 Å². The van der Waals surface area contributed by atoms with Gasteiger partial charge in [-0.2, -0.15) is 0 Å². The van der Waals surface area contributed by atoms with Crippen LogP contribution >= 0.6 is 0 Å². The number of hydrogen-bond acceptors (Lipinski definition) is 3. The SMILES string of the molecule is COc1ccc(C)cc1C(C)N1CC(C)CC(N)C1. The van der Waals surface area contributed by atoms with Crippen molar-refractivity contribution in [2.45, 2.75) is 39.3 Å². The molecule has 1 aromatic carbocycles. The van der Waals surface area contributed by atoms with Gasteiger partial charge in [0, 0.05) is 30.7 Å². The number of benzene rings is 1. The van der Waals surface area contributed by atoms with Crippen LogP contribution in [0.3, 0.4) is 0 Å². The average Bonchev–Trinajstić information content (AvgIpc) is 2.36. The minimum Gasteiger partial charge on any atom is -0.496 e. The molecule has 2 N–H and O–H groups in total. The molecule has 2 rings (SSSR count). The van der Waals surface area contributed by atoms with E-state index < -0.39 is 0 Å². The summed E-state index contributed by atoms with van der Waals surface area (Å²) >= 11 is 0. The minimum absolute atomic E-state index is 0.294. The van der Waals surface area contributed by atoms with E-state index in [0.29, 0.717) is 18.0 Å². The van der Waals surface area contributed by atoms with Gasteiger partial charge in [-0.3, -0.25) is 4.90 Å². The molecule has 0 radical (unpaired) electrons. The lowest BCUT2D eigenvalue weighted by molar-refractivity contribution is 0.122. The van der Waals surface area contributed by atoms with Gasteiger partial charge in [0.2, 0.25) is 0 Å².